The van der Waals surface area contributed by atoms with Crippen LogP contribution in [-0.4, -0.2) is 11.6 Å². The van der Waals surface area contributed by atoms with Crippen molar-refractivity contribution in [3.05, 3.63) is 6.42 Å². The lowest BCUT2D eigenvalue weighted by Gasteiger charge is -2.11. The van der Waals surface area contributed by atoms with Crippen LogP contribution in [0.4, 0.5) is 13.2 Å². The molecule has 0 bridgehead atoms. The first kappa shape index (κ1) is 10.6. The standard InChI is InChI=1S/C6H6ClF3N/c7-5(6(8,9)10)3-1-2-4-11/h1,5H,2-3H2. The molecule has 0 heterocycles. The number of halogens is 4. The van der Waals surface area contributed by atoms with Crippen LogP contribution in [-0.2, 0) is 0 Å². The van der Waals surface area contributed by atoms with Crippen LogP contribution in [0.25, 0.3) is 0 Å². The maximum atomic E-state index is 11.6. The van der Waals surface area contributed by atoms with Crippen LogP contribution in [0.2, 0.25) is 0 Å². The molecule has 5 heteroatoms. The summed E-state index contributed by atoms with van der Waals surface area (Å²) in [7, 11) is 0. The van der Waals surface area contributed by atoms with Gasteiger partial charge in [-0.1, -0.05) is 0 Å². The Hall–Kier alpha value is -0.430. The van der Waals surface area contributed by atoms with Crippen LogP contribution >= 0.6 is 11.6 Å². The third-order valence-electron chi connectivity index (χ3n) is 0.964. The second kappa shape index (κ2) is 4.45. The lowest BCUT2D eigenvalue weighted by atomic mass is 10.2. The van der Waals surface area contributed by atoms with E-state index >= 15 is 0 Å². The summed E-state index contributed by atoms with van der Waals surface area (Å²) >= 11 is 4.93. The summed E-state index contributed by atoms with van der Waals surface area (Å²) < 4.78 is 34.9. The third kappa shape index (κ3) is 4.91. The smallest absolute Gasteiger partial charge is 0.198 e. The molecule has 1 atom stereocenters. The van der Waals surface area contributed by atoms with Crippen LogP contribution in [0.3, 0.4) is 0 Å². The molecule has 63 valence electrons. The number of rotatable bonds is 3. The SMILES string of the molecule is N#CC[CH]CC(Cl)C(F)(F)F. The van der Waals surface area contributed by atoms with Gasteiger partial charge < -0.3 is 0 Å². The highest BCUT2D eigenvalue weighted by atomic mass is 35.5. The molecule has 0 aromatic heterocycles. The van der Waals surface area contributed by atoms with E-state index in [-0.39, 0.29) is 12.8 Å². The van der Waals surface area contributed by atoms with Crippen LogP contribution in [0, 0.1) is 17.8 Å². The number of nitrogens with zero attached hydrogens (tertiary/aromatic N) is 1. The van der Waals surface area contributed by atoms with Crippen molar-refractivity contribution in [3.63, 3.8) is 0 Å². The molecule has 0 N–H and O–H groups in total. The van der Waals surface area contributed by atoms with E-state index in [9.17, 15) is 13.2 Å². The summed E-state index contributed by atoms with van der Waals surface area (Å²) in [6, 6.07) is 1.69. The Bertz CT molecular complexity index is 149. The number of alkyl halides is 4. The Morgan fingerprint density at radius 1 is 1.55 bits per heavy atom. The van der Waals surface area contributed by atoms with E-state index in [1.54, 1.807) is 6.07 Å². The van der Waals surface area contributed by atoms with Gasteiger partial charge in [0.05, 0.1) is 6.07 Å². The van der Waals surface area contributed by atoms with E-state index < -0.39 is 11.6 Å². The molecule has 0 saturated carbocycles. The van der Waals surface area contributed by atoms with E-state index in [0.29, 0.717) is 0 Å². The van der Waals surface area contributed by atoms with Gasteiger partial charge in [0, 0.05) is 6.42 Å². The first-order chi connectivity index (χ1) is 4.98. The van der Waals surface area contributed by atoms with E-state index in [2.05, 4.69) is 0 Å². The van der Waals surface area contributed by atoms with Gasteiger partial charge in [0.15, 0.2) is 0 Å². The van der Waals surface area contributed by atoms with Gasteiger partial charge in [0.1, 0.15) is 5.38 Å². The van der Waals surface area contributed by atoms with Crippen molar-refractivity contribution in [3.8, 4) is 6.07 Å². The zero-order valence-electron chi connectivity index (χ0n) is 5.53. The first-order valence-corrected chi connectivity index (χ1v) is 3.31. The highest BCUT2D eigenvalue weighted by Crippen LogP contribution is 2.27. The van der Waals surface area contributed by atoms with E-state index in [0.717, 1.165) is 0 Å². The molecule has 0 saturated heterocycles. The van der Waals surface area contributed by atoms with Crippen LogP contribution in [0.1, 0.15) is 12.8 Å². The maximum absolute atomic E-state index is 11.6. The monoisotopic (exact) mass is 184 g/mol. The Balaban J connectivity index is 3.55. The molecular weight excluding hydrogens is 179 g/mol. The Kier molecular flexibility index (Phi) is 4.27. The molecule has 0 aromatic rings. The number of nitriles is 1. The molecule has 0 amide bonds. The zero-order chi connectivity index (χ0) is 8.91. The van der Waals surface area contributed by atoms with Crippen molar-refractivity contribution in [2.24, 2.45) is 0 Å². The van der Waals surface area contributed by atoms with Crippen molar-refractivity contribution in [2.45, 2.75) is 24.4 Å². The van der Waals surface area contributed by atoms with Gasteiger partial charge in [-0.25, -0.2) is 0 Å². The molecule has 0 aromatic carbocycles. The topological polar surface area (TPSA) is 23.8 Å². The van der Waals surface area contributed by atoms with Crippen molar-refractivity contribution in [1.82, 2.24) is 0 Å². The van der Waals surface area contributed by atoms with Gasteiger partial charge in [-0.3, -0.25) is 0 Å². The minimum atomic E-state index is -4.37. The summed E-state index contributed by atoms with van der Waals surface area (Å²) in [6.07, 6.45) is -3.46. The highest BCUT2D eigenvalue weighted by Gasteiger charge is 2.37. The predicted molar refractivity (Wildman–Crippen MR) is 34.8 cm³/mol. The molecule has 1 unspecified atom stereocenters. The van der Waals surface area contributed by atoms with Crippen molar-refractivity contribution in [1.29, 1.82) is 5.26 Å². The zero-order valence-corrected chi connectivity index (χ0v) is 6.28. The van der Waals surface area contributed by atoms with Gasteiger partial charge in [-0.15, -0.1) is 11.6 Å². The number of unbranched alkanes of at least 4 members (excludes halogenated alkanes) is 1. The molecule has 0 aliphatic heterocycles. The fourth-order valence-corrected chi connectivity index (χ4v) is 0.554. The summed E-state index contributed by atoms with van der Waals surface area (Å²) in [5, 5.41) is 6.11. The molecule has 0 rings (SSSR count). The minimum Gasteiger partial charge on any atom is -0.198 e. The van der Waals surface area contributed by atoms with E-state index in [1.165, 1.54) is 6.42 Å². The largest absolute Gasteiger partial charge is 0.404 e. The lowest BCUT2D eigenvalue weighted by Crippen LogP contribution is -2.23. The van der Waals surface area contributed by atoms with E-state index in [1.807, 2.05) is 0 Å². The van der Waals surface area contributed by atoms with Crippen molar-refractivity contribution in [2.75, 3.05) is 0 Å². The highest BCUT2D eigenvalue weighted by molar-refractivity contribution is 6.21. The molecule has 1 radical (unpaired) electrons. The van der Waals surface area contributed by atoms with Gasteiger partial charge in [-0.2, -0.15) is 18.4 Å². The lowest BCUT2D eigenvalue weighted by molar-refractivity contribution is -0.130. The van der Waals surface area contributed by atoms with Crippen molar-refractivity contribution >= 4 is 11.6 Å². The second-order valence-corrected chi connectivity index (χ2v) is 2.42. The minimum absolute atomic E-state index is 0.000694. The third-order valence-corrected chi connectivity index (χ3v) is 1.39. The Morgan fingerprint density at radius 3 is 2.45 bits per heavy atom. The normalized spacial score (nSPS) is 14.1. The molecule has 11 heavy (non-hydrogen) atoms. The molecule has 0 fully saturated rings. The summed E-state index contributed by atoms with van der Waals surface area (Å²) in [6.45, 7) is 0. The van der Waals surface area contributed by atoms with Crippen LogP contribution < -0.4 is 0 Å². The molecule has 0 aliphatic carbocycles. The Morgan fingerprint density at radius 2 is 2.09 bits per heavy atom. The average Bonchev–Trinajstić information content (AvgIpc) is 1.86. The molecule has 0 spiro atoms. The Labute approximate surface area is 67.8 Å². The maximum Gasteiger partial charge on any atom is 0.404 e. The summed E-state index contributed by atoms with van der Waals surface area (Å²) in [5.41, 5.74) is 0. The number of hydrogen-bond donors (Lipinski definition) is 0. The summed E-state index contributed by atoms with van der Waals surface area (Å²) in [5.74, 6) is 0. The fraction of sp³-hybridized carbons (Fsp3) is 0.667. The molecular formula is C6H6ClF3N. The van der Waals surface area contributed by atoms with Gasteiger partial charge in [0.25, 0.3) is 0 Å². The molecule has 1 nitrogen and oxygen atoms in total. The number of hydrogen-bond acceptors (Lipinski definition) is 1. The second-order valence-electron chi connectivity index (χ2n) is 1.90. The first-order valence-electron chi connectivity index (χ1n) is 2.88. The predicted octanol–water partition coefficient (Wildman–Crippen LogP) is 2.66. The van der Waals surface area contributed by atoms with Gasteiger partial charge in [0.2, 0.25) is 0 Å². The molecule has 0 aliphatic rings. The van der Waals surface area contributed by atoms with Crippen molar-refractivity contribution < 1.29 is 13.2 Å². The van der Waals surface area contributed by atoms with Crippen LogP contribution in [0.5, 0.6) is 0 Å². The average molecular weight is 185 g/mol. The van der Waals surface area contributed by atoms with E-state index in [4.69, 9.17) is 16.9 Å². The summed E-state index contributed by atoms with van der Waals surface area (Å²) in [4.78, 5) is 0. The van der Waals surface area contributed by atoms with Gasteiger partial charge in [-0.05, 0) is 12.8 Å². The van der Waals surface area contributed by atoms with Crippen LogP contribution in [0.15, 0.2) is 0 Å². The fourth-order valence-electron chi connectivity index (χ4n) is 0.428. The van der Waals surface area contributed by atoms with Gasteiger partial charge >= 0.3 is 6.18 Å². The quantitative estimate of drug-likeness (QED) is 0.489.